The number of nitriles is 1. The number of likely N-dealkylation sites (tertiary alicyclic amines) is 1. The van der Waals surface area contributed by atoms with Crippen LogP contribution >= 0.6 is 0 Å². The zero-order chi connectivity index (χ0) is 24.2. The zero-order valence-corrected chi connectivity index (χ0v) is 19.6. The molecule has 0 atom stereocenters. The van der Waals surface area contributed by atoms with Gasteiger partial charge in [-0.25, -0.2) is 0 Å². The minimum atomic E-state index is -0.205. The van der Waals surface area contributed by atoms with Gasteiger partial charge in [0.25, 0.3) is 5.56 Å². The fourth-order valence-corrected chi connectivity index (χ4v) is 4.46. The maximum atomic E-state index is 13.7. The van der Waals surface area contributed by atoms with Crippen molar-refractivity contribution in [3.8, 4) is 39.9 Å². The monoisotopic (exact) mass is 462 g/mol. The van der Waals surface area contributed by atoms with Crippen LogP contribution in [0.2, 0.25) is 0 Å². The third-order valence-corrected chi connectivity index (χ3v) is 6.38. The van der Waals surface area contributed by atoms with Crippen LogP contribution in [0.4, 0.5) is 0 Å². The lowest BCUT2D eigenvalue weighted by atomic mass is 9.99. The highest BCUT2D eigenvalue weighted by molar-refractivity contribution is 5.75. The van der Waals surface area contributed by atoms with Crippen LogP contribution in [0.5, 0.6) is 5.75 Å². The van der Waals surface area contributed by atoms with E-state index in [1.165, 1.54) is 0 Å². The van der Waals surface area contributed by atoms with Crippen LogP contribution in [0.3, 0.4) is 0 Å². The topological polar surface area (TPSA) is 71.2 Å². The van der Waals surface area contributed by atoms with Gasteiger partial charge in [-0.15, -0.1) is 0 Å². The smallest absolute Gasteiger partial charge is 0.263 e. The lowest BCUT2D eigenvalue weighted by molar-refractivity contribution is 0.114. The molecule has 0 unspecified atom stereocenters. The van der Waals surface area contributed by atoms with Crippen molar-refractivity contribution in [2.45, 2.75) is 18.9 Å². The van der Waals surface area contributed by atoms with Crippen LogP contribution in [0, 0.1) is 11.3 Å². The van der Waals surface area contributed by atoms with Crippen molar-refractivity contribution in [1.29, 1.82) is 5.26 Å². The van der Waals surface area contributed by atoms with E-state index in [4.69, 9.17) is 4.74 Å². The molecule has 0 spiro atoms. The highest BCUT2D eigenvalue weighted by atomic mass is 16.5. The first-order valence-corrected chi connectivity index (χ1v) is 11.8. The summed E-state index contributed by atoms with van der Waals surface area (Å²) < 4.78 is 7.89. The predicted octanol–water partition coefficient (Wildman–Crippen LogP) is 4.91. The normalized spacial score (nSPS) is 14.4. The molecule has 0 aliphatic carbocycles. The first-order chi connectivity index (χ1) is 17.1. The Morgan fingerprint density at radius 2 is 1.77 bits per heavy atom. The lowest BCUT2D eigenvalue weighted by Crippen LogP contribution is -2.35. The summed E-state index contributed by atoms with van der Waals surface area (Å²) in [6, 6.07) is 24.5. The van der Waals surface area contributed by atoms with Gasteiger partial charge in [-0.05, 0) is 56.3 Å². The van der Waals surface area contributed by atoms with Gasteiger partial charge in [0, 0.05) is 48.2 Å². The van der Waals surface area contributed by atoms with Gasteiger partial charge in [0.05, 0.1) is 23.0 Å². The van der Waals surface area contributed by atoms with Crippen molar-refractivity contribution in [3.05, 3.63) is 101 Å². The summed E-state index contributed by atoms with van der Waals surface area (Å²) in [4.78, 5) is 20.5. The number of hydrogen-bond donors (Lipinski definition) is 0. The quantitative estimate of drug-likeness (QED) is 0.421. The second kappa shape index (κ2) is 9.96. The fourth-order valence-electron chi connectivity index (χ4n) is 4.46. The summed E-state index contributed by atoms with van der Waals surface area (Å²) in [5, 5.41) is 9.66. The average molecular weight is 463 g/mol. The Kier molecular flexibility index (Phi) is 6.42. The first kappa shape index (κ1) is 22.6. The third-order valence-electron chi connectivity index (χ3n) is 6.38. The number of hydrogen-bond acceptors (Lipinski definition) is 5. The Balaban J connectivity index is 1.61. The molecule has 0 saturated carbocycles. The van der Waals surface area contributed by atoms with Gasteiger partial charge in [0.15, 0.2) is 0 Å². The summed E-state index contributed by atoms with van der Waals surface area (Å²) in [6.07, 6.45) is 5.65. The summed E-state index contributed by atoms with van der Waals surface area (Å²) in [7, 11) is 2.12. The predicted molar refractivity (Wildman–Crippen MR) is 137 cm³/mol. The van der Waals surface area contributed by atoms with Crippen molar-refractivity contribution < 1.29 is 4.74 Å². The molecular weight excluding hydrogens is 436 g/mol. The van der Waals surface area contributed by atoms with Crippen LogP contribution in [0.25, 0.3) is 28.1 Å². The van der Waals surface area contributed by atoms with Crippen molar-refractivity contribution in [3.63, 3.8) is 0 Å². The molecule has 2 aromatic carbocycles. The van der Waals surface area contributed by atoms with Gasteiger partial charge in [-0.2, -0.15) is 5.26 Å². The summed E-state index contributed by atoms with van der Waals surface area (Å²) >= 11 is 0. The van der Waals surface area contributed by atoms with Crippen LogP contribution in [0.1, 0.15) is 18.4 Å². The Hall–Kier alpha value is -4.21. The Morgan fingerprint density at radius 3 is 2.54 bits per heavy atom. The van der Waals surface area contributed by atoms with Gasteiger partial charge >= 0.3 is 0 Å². The SMILES string of the molecule is CN1CCC(Oc2cccc(-n3cc(-c4ccccn4)cc(-c4ccccc4C#N)c3=O)c2)CC1. The second-order valence-electron chi connectivity index (χ2n) is 8.81. The molecule has 0 radical (unpaired) electrons. The molecule has 1 fully saturated rings. The molecular formula is C29H26N4O2. The van der Waals surface area contributed by atoms with Gasteiger partial charge in [-0.3, -0.25) is 14.3 Å². The second-order valence-corrected chi connectivity index (χ2v) is 8.81. The van der Waals surface area contributed by atoms with E-state index in [1.807, 2.05) is 54.6 Å². The molecule has 4 aromatic rings. The highest BCUT2D eigenvalue weighted by Gasteiger charge is 2.19. The van der Waals surface area contributed by atoms with E-state index in [0.29, 0.717) is 22.4 Å². The number of benzene rings is 2. The van der Waals surface area contributed by atoms with Crippen molar-refractivity contribution in [1.82, 2.24) is 14.5 Å². The number of ether oxygens (including phenoxy) is 1. The Bertz CT molecular complexity index is 1430. The van der Waals surface area contributed by atoms with Crippen molar-refractivity contribution in [2.24, 2.45) is 0 Å². The molecule has 6 nitrogen and oxygen atoms in total. The van der Waals surface area contributed by atoms with Gasteiger partial charge < -0.3 is 9.64 Å². The Morgan fingerprint density at radius 1 is 0.971 bits per heavy atom. The molecule has 1 saturated heterocycles. The molecule has 1 aliphatic heterocycles. The summed E-state index contributed by atoms with van der Waals surface area (Å²) in [5.41, 5.74) is 3.54. The number of nitrogens with zero attached hydrogens (tertiary/aromatic N) is 4. The van der Waals surface area contributed by atoms with E-state index < -0.39 is 0 Å². The van der Waals surface area contributed by atoms with E-state index >= 15 is 0 Å². The van der Waals surface area contributed by atoms with Gasteiger partial charge in [-0.1, -0.05) is 30.3 Å². The molecule has 6 heteroatoms. The molecule has 0 bridgehead atoms. The van der Waals surface area contributed by atoms with Crippen LogP contribution in [0.15, 0.2) is 90.0 Å². The number of rotatable bonds is 5. The minimum Gasteiger partial charge on any atom is -0.490 e. The molecule has 0 N–H and O–H groups in total. The third kappa shape index (κ3) is 4.86. The minimum absolute atomic E-state index is 0.163. The lowest BCUT2D eigenvalue weighted by Gasteiger charge is -2.29. The molecule has 5 rings (SSSR count). The molecule has 2 aromatic heterocycles. The molecule has 35 heavy (non-hydrogen) atoms. The van der Waals surface area contributed by atoms with E-state index in [1.54, 1.807) is 35.2 Å². The van der Waals surface area contributed by atoms with Crippen LogP contribution < -0.4 is 10.3 Å². The molecule has 174 valence electrons. The summed E-state index contributed by atoms with van der Waals surface area (Å²) in [6.45, 7) is 2.02. The number of piperidine rings is 1. The maximum absolute atomic E-state index is 13.7. The van der Waals surface area contributed by atoms with E-state index in [-0.39, 0.29) is 11.7 Å². The maximum Gasteiger partial charge on any atom is 0.263 e. The zero-order valence-electron chi connectivity index (χ0n) is 19.6. The van der Waals surface area contributed by atoms with Crippen molar-refractivity contribution >= 4 is 0 Å². The van der Waals surface area contributed by atoms with E-state index in [0.717, 1.165) is 42.9 Å². The molecule has 3 heterocycles. The fraction of sp³-hybridized carbons (Fsp3) is 0.207. The van der Waals surface area contributed by atoms with E-state index in [9.17, 15) is 10.1 Å². The average Bonchev–Trinajstić information content (AvgIpc) is 2.91. The number of pyridine rings is 2. The summed E-state index contributed by atoms with van der Waals surface area (Å²) in [5.74, 6) is 0.742. The number of aromatic nitrogens is 2. The van der Waals surface area contributed by atoms with Crippen LogP contribution in [-0.2, 0) is 0 Å². The van der Waals surface area contributed by atoms with Crippen molar-refractivity contribution in [2.75, 3.05) is 20.1 Å². The van der Waals surface area contributed by atoms with E-state index in [2.05, 4.69) is 23.0 Å². The molecule has 1 aliphatic rings. The first-order valence-electron chi connectivity index (χ1n) is 11.8. The Labute approximate surface area is 204 Å². The largest absolute Gasteiger partial charge is 0.490 e. The highest BCUT2D eigenvalue weighted by Crippen LogP contribution is 2.27. The van der Waals surface area contributed by atoms with Gasteiger partial charge in [0.2, 0.25) is 0 Å². The standard InChI is InChI=1S/C29H26N4O2/c1-32-15-12-24(13-16-32)35-25-9-6-8-23(18-25)33-20-22(28-11-4-5-14-31-28)17-27(29(33)34)26-10-3-2-7-21(26)19-30/h2-11,14,17-18,20,24H,12-13,15-16H2,1H3. The van der Waals surface area contributed by atoms with Gasteiger partial charge in [0.1, 0.15) is 11.9 Å². The van der Waals surface area contributed by atoms with Crippen LogP contribution in [-0.4, -0.2) is 40.7 Å². The molecule has 0 amide bonds.